The number of ether oxygens (including phenoxy) is 2. The second-order valence-corrected chi connectivity index (χ2v) is 6.89. The van der Waals surface area contributed by atoms with E-state index in [2.05, 4.69) is 20.9 Å². The Balaban J connectivity index is 1.41. The maximum absolute atomic E-state index is 12.2. The number of amides is 3. The topological polar surface area (TPSA) is 106 Å². The minimum Gasteiger partial charge on any atom is -0.481 e. The number of rotatable bonds is 8. The van der Waals surface area contributed by atoms with E-state index in [0.29, 0.717) is 5.75 Å². The van der Waals surface area contributed by atoms with Gasteiger partial charge >= 0.3 is 6.61 Å². The average molecular weight is 457 g/mol. The highest BCUT2D eigenvalue weighted by molar-refractivity contribution is 5.96. The van der Waals surface area contributed by atoms with Gasteiger partial charge < -0.3 is 14.8 Å². The van der Waals surface area contributed by atoms with Gasteiger partial charge in [0.25, 0.3) is 17.7 Å². The van der Waals surface area contributed by atoms with Crippen LogP contribution in [0.15, 0.2) is 66.7 Å². The number of hydrazine groups is 1. The van der Waals surface area contributed by atoms with Crippen molar-refractivity contribution < 1.29 is 32.6 Å². The molecule has 3 N–H and O–H groups in total. The molecule has 172 valence electrons. The highest BCUT2D eigenvalue weighted by Gasteiger charge is 2.16. The van der Waals surface area contributed by atoms with Crippen LogP contribution in [0.2, 0.25) is 0 Å². The SMILES string of the molecule is C[C@@H](Oc1ccc2ccccc2c1)C(=O)NNC(=O)CNC(=O)c1ccc(OC(F)F)cc1. The molecule has 1 atom stereocenters. The van der Waals surface area contributed by atoms with E-state index >= 15 is 0 Å². The Hall–Kier alpha value is -4.21. The van der Waals surface area contributed by atoms with Gasteiger partial charge in [0.1, 0.15) is 11.5 Å². The lowest BCUT2D eigenvalue weighted by molar-refractivity contribution is -0.132. The van der Waals surface area contributed by atoms with Crippen LogP contribution in [0.5, 0.6) is 11.5 Å². The zero-order valence-corrected chi connectivity index (χ0v) is 17.5. The van der Waals surface area contributed by atoms with Gasteiger partial charge in [-0.05, 0) is 54.1 Å². The smallest absolute Gasteiger partial charge is 0.387 e. The molecule has 0 aliphatic rings. The van der Waals surface area contributed by atoms with Crippen LogP contribution in [0.25, 0.3) is 10.8 Å². The van der Waals surface area contributed by atoms with Gasteiger partial charge in [-0.1, -0.05) is 30.3 Å². The lowest BCUT2D eigenvalue weighted by atomic mass is 10.1. The maximum Gasteiger partial charge on any atom is 0.387 e. The summed E-state index contributed by atoms with van der Waals surface area (Å²) in [5, 5.41) is 4.34. The highest BCUT2D eigenvalue weighted by atomic mass is 19.3. The second kappa shape index (κ2) is 10.9. The normalized spacial score (nSPS) is 11.5. The zero-order valence-electron chi connectivity index (χ0n) is 17.5. The largest absolute Gasteiger partial charge is 0.481 e. The van der Waals surface area contributed by atoms with E-state index < -0.39 is 37.0 Å². The summed E-state index contributed by atoms with van der Waals surface area (Å²) in [6.45, 7) is -1.86. The number of alkyl halides is 2. The molecule has 0 aliphatic carbocycles. The molecule has 3 aromatic carbocycles. The third-order valence-electron chi connectivity index (χ3n) is 4.48. The number of carbonyl (C=O) groups is 3. The Kier molecular flexibility index (Phi) is 7.74. The number of hydrogen-bond donors (Lipinski definition) is 3. The Morgan fingerprint density at radius 2 is 1.52 bits per heavy atom. The van der Waals surface area contributed by atoms with E-state index in [4.69, 9.17) is 4.74 Å². The summed E-state index contributed by atoms with van der Waals surface area (Å²) < 4.78 is 34.1. The van der Waals surface area contributed by atoms with Crippen molar-refractivity contribution in [2.75, 3.05) is 6.54 Å². The summed E-state index contributed by atoms with van der Waals surface area (Å²) in [5.74, 6) is -1.46. The van der Waals surface area contributed by atoms with Crippen molar-refractivity contribution in [1.29, 1.82) is 0 Å². The van der Waals surface area contributed by atoms with E-state index in [0.717, 1.165) is 10.8 Å². The van der Waals surface area contributed by atoms with Gasteiger partial charge in [0, 0.05) is 5.56 Å². The fourth-order valence-corrected chi connectivity index (χ4v) is 2.83. The highest BCUT2D eigenvalue weighted by Crippen LogP contribution is 2.21. The molecule has 10 heteroatoms. The lowest BCUT2D eigenvalue weighted by Gasteiger charge is -2.15. The molecule has 0 unspecified atom stereocenters. The van der Waals surface area contributed by atoms with Crippen molar-refractivity contribution in [3.63, 3.8) is 0 Å². The van der Waals surface area contributed by atoms with E-state index in [1.807, 2.05) is 30.3 Å². The van der Waals surface area contributed by atoms with Gasteiger partial charge in [-0.15, -0.1) is 0 Å². The molecule has 3 amide bonds. The summed E-state index contributed by atoms with van der Waals surface area (Å²) in [4.78, 5) is 36.1. The summed E-state index contributed by atoms with van der Waals surface area (Å²) in [5.41, 5.74) is 4.55. The van der Waals surface area contributed by atoms with Crippen molar-refractivity contribution in [2.45, 2.75) is 19.6 Å². The van der Waals surface area contributed by atoms with Gasteiger partial charge in [0.05, 0.1) is 6.54 Å². The van der Waals surface area contributed by atoms with Crippen LogP contribution in [0.3, 0.4) is 0 Å². The minimum atomic E-state index is -2.97. The van der Waals surface area contributed by atoms with Crippen molar-refractivity contribution >= 4 is 28.5 Å². The van der Waals surface area contributed by atoms with E-state index in [1.165, 1.54) is 31.2 Å². The molecule has 0 aromatic heterocycles. The van der Waals surface area contributed by atoms with Crippen LogP contribution in [0, 0.1) is 0 Å². The third kappa shape index (κ3) is 6.89. The molecule has 0 saturated heterocycles. The number of carbonyl (C=O) groups excluding carboxylic acids is 3. The van der Waals surface area contributed by atoms with Crippen molar-refractivity contribution in [3.05, 3.63) is 72.3 Å². The zero-order chi connectivity index (χ0) is 23.8. The van der Waals surface area contributed by atoms with Crippen LogP contribution in [-0.2, 0) is 9.59 Å². The standard InChI is InChI=1S/C23H21F2N3O5/c1-14(32-19-11-6-15-4-2-3-5-17(15)12-19)21(30)28-27-20(29)13-26-22(31)16-7-9-18(10-8-16)33-23(24)25/h2-12,14,23H,13H2,1H3,(H,26,31)(H,27,29)(H,28,30)/t14-/m1/s1. The quantitative estimate of drug-likeness (QED) is 0.451. The second-order valence-electron chi connectivity index (χ2n) is 6.89. The van der Waals surface area contributed by atoms with Crippen LogP contribution in [-0.4, -0.2) is 37.0 Å². The van der Waals surface area contributed by atoms with Crippen LogP contribution in [0.1, 0.15) is 17.3 Å². The molecule has 0 saturated carbocycles. The molecule has 0 fully saturated rings. The fourth-order valence-electron chi connectivity index (χ4n) is 2.83. The Labute approximate surface area is 187 Å². The first-order valence-corrected chi connectivity index (χ1v) is 9.89. The van der Waals surface area contributed by atoms with Gasteiger partial charge in [-0.3, -0.25) is 25.2 Å². The predicted octanol–water partition coefficient (Wildman–Crippen LogP) is 2.79. The number of nitrogens with one attached hydrogen (secondary N) is 3. The van der Waals surface area contributed by atoms with Gasteiger partial charge in [-0.25, -0.2) is 0 Å². The molecule has 0 aliphatic heterocycles. The van der Waals surface area contributed by atoms with Gasteiger partial charge in [0.2, 0.25) is 0 Å². The monoisotopic (exact) mass is 457 g/mol. The molecule has 33 heavy (non-hydrogen) atoms. The van der Waals surface area contributed by atoms with E-state index in [9.17, 15) is 23.2 Å². The minimum absolute atomic E-state index is 0.0953. The van der Waals surface area contributed by atoms with E-state index in [-0.39, 0.29) is 11.3 Å². The number of halogens is 2. The average Bonchev–Trinajstić information content (AvgIpc) is 2.81. The number of benzene rings is 3. The molecule has 3 aromatic rings. The molecule has 0 heterocycles. The molecular weight excluding hydrogens is 436 g/mol. The van der Waals surface area contributed by atoms with Crippen molar-refractivity contribution in [3.8, 4) is 11.5 Å². The first-order chi connectivity index (χ1) is 15.8. The summed E-state index contributed by atoms with van der Waals surface area (Å²) in [6.07, 6.45) is -0.893. The molecule has 3 rings (SSSR count). The first kappa shape index (κ1) is 23.5. The van der Waals surface area contributed by atoms with Crippen molar-refractivity contribution in [2.24, 2.45) is 0 Å². The molecular formula is C23H21F2N3O5. The first-order valence-electron chi connectivity index (χ1n) is 9.89. The van der Waals surface area contributed by atoms with Crippen molar-refractivity contribution in [1.82, 2.24) is 16.2 Å². The summed E-state index contributed by atoms with van der Waals surface area (Å²) in [7, 11) is 0. The molecule has 0 bridgehead atoms. The summed E-state index contributed by atoms with van der Waals surface area (Å²) in [6, 6.07) is 18.1. The van der Waals surface area contributed by atoms with Gasteiger partial charge in [-0.2, -0.15) is 8.78 Å². The Bertz CT molecular complexity index is 1140. The van der Waals surface area contributed by atoms with Gasteiger partial charge in [0.15, 0.2) is 6.10 Å². The maximum atomic E-state index is 12.2. The number of hydrogen-bond acceptors (Lipinski definition) is 5. The van der Waals surface area contributed by atoms with E-state index in [1.54, 1.807) is 12.1 Å². The third-order valence-corrected chi connectivity index (χ3v) is 4.48. The predicted molar refractivity (Wildman–Crippen MR) is 116 cm³/mol. The summed E-state index contributed by atoms with van der Waals surface area (Å²) >= 11 is 0. The van der Waals surface area contributed by atoms with Crippen LogP contribution >= 0.6 is 0 Å². The molecule has 0 spiro atoms. The molecule has 0 radical (unpaired) electrons. The number of fused-ring (bicyclic) bond motifs is 1. The fraction of sp³-hybridized carbons (Fsp3) is 0.174. The Morgan fingerprint density at radius 3 is 2.21 bits per heavy atom. The molecule has 8 nitrogen and oxygen atoms in total. The Morgan fingerprint density at radius 1 is 0.848 bits per heavy atom. The lowest BCUT2D eigenvalue weighted by Crippen LogP contribution is -2.50. The van der Waals surface area contributed by atoms with Crippen LogP contribution < -0.4 is 25.6 Å². The van der Waals surface area contributed by atoms with Crippen LogP contribution in [0.4, 0.5) is 8.78 Å².